The van der Waals surface area contributed by atoms with E-state index in [4.69, 9.17) is 0 Å². The molecule has 8 heteroatoms. The van der Waals surface area contributed by atoms with E-state index in [-0.39, 0.29) is 12.5 Å². The molecule has 0 aliphatic rings. The maximum atomic E-state index is 12.7. The van der Waals surface area contributed by atoms with Crippen LogP contribution in [0, 0.1) is 41.5 Å². The number of hydrogen-bond donors (Lipinski definition) is 1. The quantitative estimate of drug-likeness (QED) is 0.212. The Morgan fingerprint density at radius 3 is 2.08 bits per heavy atom. The Bertz CT molecular complexity index is 1700. The Kier molecular flexibility index (Phi) is 8.30. The second kappa shape index (κ2) is 11.5. The summed E-state index contributed by atoms with van der Waals surface area (Å²) >= 11 is 0. The molecule has 7 nitrogen and oxygen atoms in total. The molecule has 0 radical (unpaired) electrons. The molecule has 0 spiro atoms. The van der Waals surface area contributed by atoms with E-state index in [9.17, 15) is 13.2 Å². The number of anilines is 1. The van der Waals surface area contributed by atoms with Crippen LogP contribution in [-0.4, -0.2) is 31.4 Å². The minimum atomic E-state index is -3.50. The fourth-order valence-electron chi connectivity index (χ4n) is 4.61. The highest BCUT2D eigenvalue weighted by atomic mass is 32.2. The van der Waals surface area contributed by atoms with Gasteiger partial charge in [-0.15, -0.1) is 0 Å². The molecule has 0 unspecified atom stereocenters. The van der Waals surface area contributed by atoms with Crippen LogP contribution in [-0.2, 0) is 16.6 Å². The van der Waals surface area contributed by atoms with Gasteiger partial charge < -0.3 is 4.57 Å². The molecule has 1 heterocycles. The van der Waals surface area contributed by atoms with Crippen molar-refractivity contribution in [2.75, 3.05) is 10.6 Å². The molecule has 4 rings (SSSR count). The van der Waals surface area contributed by atoms with E-state index in [0.717, 1.165) is 39.3 Å². The van der Waals surface area contributed by atoms with E-state index in [0.29, 0.717) is 11.3 Å². The molecule has 3 aromatic carbocycles. The van der Waals surface area contributed by atoms with Gasteiger partial charge in [0.2, 0.25) is 10.0 Å². The van der Waals surface area contributed by atoms with Gasteiger partial charge in [-0.1, -0.05) is 24.3 Å². The highest BCUT2D eigenvalue weighted by Crippen LogP contribution is 2.24. The number of benzene rings is 3. The number of aryl methyl sites for hydroxylation is 5. The number of carbonyl (C=O) groups is 1. The van der Waals surface area contributed by atoms with Crippen molar-refractivity contribution >= 4 is 27.8 Å². The van der Waals surface area contributed by atoms with Crippen molar-refractivity contribution in [3.8, 4) is 5.69 Å². The third-order valence-electron chi connectivity index (χ3n) is 7.31. The lowest BCUT2D eigenvalue weighted by Crippen LogP contribution is -2.29. The summed E-state index contributed by atoms with van der Waals surface area (Å²) in [5, 5.41) is 4.19. The van der Waals surface area contributed by atoms with Crippen molar-refractivity contribution in [3.63, 3.8) is 0 Å². The standard InChI is InChI=1S/C32H36N4O3S/c1-21-8-14-30(16-23(21)3)35(40(7,38)39)20-27-10-12-28(13-11-27)32(37)34-33-19-29-18-25(5)36(26(29)6)31-15-9-22(2)24(4)17-31/h8-19H,20H2,1-7H3,(H,34,37)/b33-19-. The summed E-state index contributed by atoms with van der Waals surface area (Å²) in [6.07, 6.45) is 2.85. The largest absolute Gasteiger partial charge is 0.318 e. The Labute approximate surface area is 237 Å². The van der Waals surface area contributed by atoms with E-state index in [2.05, 4.69) is 47.1 Å². The minimum absolute atomic E-state index is 0.164. The molecule has 1 N–H and O–H groups in total. The van der Waals surface area contributed by atoms with Gasteiger partial charge in [0.15, 0.2) is 0 Å². The predicted molar refractivity (Wildman–Crippen MR) is 163 cm³/mol. The smallest absolute Gasteiger partial charge is 0.271 e. The topological polar surface area (TPSA) is 83.8 Å². The summed E-state index contributed by atoms with van der Waals surface area (Å²) in [5.41, 5.74) is 13.1. The zero-order valence-electron chi connectivity index (χ0n) is 24.1. The van der Waals surface area contributed by atoms with E-state index < -0.39 is 10.0 Å². The first-order valence-corrected chi connectivity index (χ1v) is 14.9. The molecule has 1 amide bonds. The molecule has 0 atom stereocenters. The van der Waals surface area contributed by atoms with E-state index in [1.54, 1.807) is 30.5 Å². The van der Waals surface area contributed by atoms with Gasteiger partial charge in [0, 0.05) is 28.2 Å². The molecule has 0 bridgehead atoms. The van der Waals surface area contributed by atoms with Crippen molar-refractivity contribution < 1.29 is 13.2 Å². The van der Waals surface area contributed by atoms with Crippen LogP contribution in [0.25, 0.3) is 5.69 Å². The van der Waals surface area contributed by atoms with Gasteiger partial charge in [0.1, 0.15) is 0 Å². The van der Waals surface area contributed by atoms with Crippen LogP contribution in [0.3, 0.4) is 0 Å². The first-order valence-electron chi connectivity index (χ1n) is 13.1. The molecule has 1 aromatic heterocycles. The SMILES string of the molecule is Cc1ccc(N(Cc2ccc(C(=O)N/N=C\c3cc(C)n(-c4ccc(C)c(C)c4)c3C)cc2)S(C)(=O)=O)cc1C. The molecule has 0 aliphatic carbocycles. The van der Waals surface area contributed by atoms with Crippen LogP contribution < -0.4 is 9.73 Å². The first-order chi connectivity index (χ1) is 18.8. The fourth-order valence-corrected chi connectivity index (χ4v) is 5.49. The van der Waals surface area contributed by atoms with Gasteiger partial charge in [-0.2, -0.15) is 5.10 Å². The van der Waals surface area contributed by atoms with Gasteiger partial charge in [-0.25, -0.2) is 13.8 Å². The molecule has 208 valence electrons. The number of carbonyl (C=O) groups excluding carboxylic acids is 1. The Morgan fingerprint density at radius 2 is 1.48 bits per heavy atom. The normalized spacial score (nSPS) is 11.7. The van der Waals surface area contributed by atoms with E-state index in [1.165, 1.54) is 21.7 Å². The summed E-state index contributed by atoms with van der Waals surface area (Å²) in [7, 11) is -3.50. The van der Waals surface area contributed by atoms with Crippen LogP contribution in [0.4, 0.5) is 5.69 Å². The Morgan fingerprint density at radius 1 is 0.850 bits per heavy atom. The van der Waals surface area contributed by atoms with Crippen molar-refractivity contribution in [1.29, 1.82) is 0 Å². The summed E-state index contributed by atoms with van der Waals surface area (Å²) in [4.78, 5) is 12.7. The zero-order valence-corrected chi connectivity index (χ0v) is 24.9. The summed E-state index contributed by atoms with van der Waals surface area (Å²) in [5.74, 6) is -0.347. The molecule has 0 saturated heterocycles. The number of aromatic nitrogens is 1. The molecular weight excluding hydrogens is 520 g/mol. The van der Waals surface area contributed by atoms with E-state index >= 15 is 0 Å². The van der Waals surface area contributed by atoms with Gasteiger partial charge in [0.05, 0.1) is 24.7 Å². The van der Waals surface area contributed by atoms with Crippen LogP contribution >= 0.6 is 0 Å². The maximum Gasteiger partial charge on any atom is 0.271 e. The third-order valence-corrected chi connectivity index (χ3v) is 8.45. The number of hydrazone groups is 1. The highest BCUT2D eigenvalue weighted by molar-refractivity contribution is 7.92. The molecule has 0 saturated carbocycles. The lowest BCUT2D eigenvalue weighted by Gasteiger charge is -2.23. The molecule has 0 aliphatic heterocycles. The molecule has 0 fully saturated rings. The van der Waals surface area contributed by atoms with Crippen LogP contribution in [0.2, 0.25) is 0 Å². The second-order valence-corrected chi connectivity index (χ2v) is 12.3. The van der Waals surface area contributed by atoms with Crippen molar-refractivity contribution in [2.45, 2.75) is 48.1 Å². The number of amides is 1. The van der Waals surface area contributed by atoms with Crippen molar-refractivity contribution in [2.24, 2.45) is 5.10 Å². The highest BCUT2D eigenvalue weighted by Gasteiger charge is 2.19. The van der Waals surface area contributed by atoms with Gasteiger partial charge in [-0.3, -0.25) is 9.10 Å². The molecule has 40 heavy (non-hydrogen) atoms. The number of sulfonamides is 1. The number of rotatable bonds is 8. The summed E-state index contributed by atoms with van der Waals surface area (Å²) < 4.78 is 28.6. The zero-order chi connectivity index (χ0) is 29.2. The minimum Gasteiger partial charge on any atom is -0.318 e. The predicted octanol–water partition coefficient (Wildman–Crippen LogP) is 6.06. The first kappa shape index (κ1) is 28.8. The number of nitrogens with zero attached hydrogens (tertiary/aromatic N) is 3. The average molecular weight is 557 g/mol. The van der Waals surface area contributed by atoms with E-state index in [1.807, 2.05) is 52.0 Å². The van der Waals surface area contributed by atoms with Gasteiger partial charge in [-0.05, 0) is 112 Å². The summed E-state index contributed by atoms with van der Waals surface area (Å²) in [6, 6.07) is 20.9. The monoisotopic (exact) mass is 556 g/mol. The van der Waals surface area contributed by atoms with Crippen LogP contribution in [0.15, 0.2) is 71.8 Å². The van der Waals surface area contributed by atoms with Crippen LogP contribution in [0.5, 0.6) is 0 Å². The second-order valence-electron chi connectivity index (χ2n) is 10.4. The van der Waals surface area contributed by atoms with Gasteiger partial charge in [0.25, 0.3) is 5.91 Å². The lowest BCUT2D eigenvalue weighted by atomic mass is 10.1. The third kappa shape index (κ3) is 6.34. The van der Waals surface area contributed by atoms with Gasteiger partial charge >= 0.3 is 0 Å². The lowest BCUT2D eigenvalue weighted by molar-refractivity contribution is 0.0955. The molecular formula is C32H36N4O3S. The maximum absolute atomic E-state index is 12.7. The average Bonchev–Trinajstić information content (AvgIpc) is 3.18. The fraction of sp³-hybridized carbons (Fsp3) is 0.250. The summed E-state index contributed by atoms with van der Waals surface area (Å²) in [6.45, 7) is 12.4. The van der Waals surface area contributed by atoms with Crippen molar-refractivity contribution in [1.82, 2.24) is 9.99 Å². The van der Waals surface area contributed by atoms with Crippen molar-refractivity contribution in [3.05, 3.63) is 117 Å². The molecule has 4 aromatic rings. The number of nitrogens with one attached hydrogen (secondary N) is 1. The Balaban J connectivity index is 1.45. The van der Waals surface area contributed by atoms with Crippen LogP contribution in [0.1, 0.15) is 55.1 Å². The number of hydrogen-bond acceptors (Lipinski definition) is 4. The Hall–Kier alpha value is -4.17.